The van der Waals surface area contributed by atoms with Crippen LogP contribution in [0.25, 0.3) is 0 Å². The minimum atomic E-state index is 0.454. The van der Waals surface area contributed by atoms with E-state index >= 15 is 0 Å². The van der Waals surface area contributed by atoms with Gasteiger partial charge in [-0.15, -0.1) is 0 Å². The lowest BCUT2D eigenvalue weighted by Gasteiger charge is -2.40. The summed E-state index contributed by atoms with van der Waals surface area (Å²) in [7, 11) is 0. The Hall–Kier alpha value is -1.01. The Labute approximate surface area is 124 Å². The second-order valence-electron chi connectivity index (χ2n) is 6.44. The van der Waals surface area contributed by atoms with E-state index in [1.54, 1.807) is 0 Å². The summed E-state index contributed by atoms with van der Waals surface area (Å²) in [5, 5.41) is 12.8. The minimum absolute atomic E-state index is 0.454. The van der Waals surface area contributed by atoms with Crippen molar-refractivity contribution in [2.45, 2.75) is 46.1 Å². The Bertz CT molecular complexity index is 502. The van der Waals surface area contributed by atoms with Gasteiger partial charge in [0.1, 0.15) is 6.07 Å². The number of hydrogen-bond donors (Lipinski definition) is 1. The van der Waals surface area contributed by atoms with Gasteiger partial charge in [-0.05, 0) is 48.8 Å². The third-order valence-corrected chi connectivity index (χ3v) is 4.63. The van der Waals surface area contributed by atoms with Gasteiger partial charge < -0.3 is 5.32 Å². The summed E-state index contributed by atoms with van der Waals surface area (Å²) < 4.78 is 0.951. The summed E-state index contributed by atoms with van der Waals surface area (Å²) in [5.41, 5.74) is 2.13. The van der Waals surface area contributed by atoms with E-state index in [1.165, 1.54) is 19.3 Å². The quantitative estimate of drug-likeness (QED) is 0.837. The lowest BCUT2D eigenvalue weighted by Crippen LogP contribution is -2.37. The summed E-state index contributed by atoms with van der Waals surface area (Å²) in [6, 6.07) is 8.59. The Balaban J connectivity index is 2.12. The molecule has 1 N–H and O–H groups in total. The second kappa shape index (κ2) is 5.54. The molecule has 2 nitrogen and oxygen atoms in total. The molecule has 102 valence electrons. The molecule has 0 saturated heterocycles. The van der Waals surface area contributed by atoms with Crippen molar-refractivity contribution in [3.63, 3.8) is 0 Å². The Kier molecular flexibility index (Phi) is 4.20. The number of nitriles is 1. The van der Waals surface area contributed by atoms with Gasteiger partial charge >= 0.3 is 0 Å². The van der Waals surface area contributed by atoms with Crippen LogP contribution in [0.15, 0.2) is 22.7 Å². The van der Waals surface area contributed by atoms with Gasteiger partial charge in [0.05, 0.1) is 11.3 Å². The molecule has 0 bridgehead atoms. The zero-order valence-corrected chi connectivity index (χ0v) is 13.4. The molecule has 1 aromatic carbocycles. The summed E-state index contributed by atoms with van der Waals surface area (Å²) in [6.07, 6.45) is 3.66. The fourth-order valence-electron chi connectivity index (χ4n) is 3.10. The van der Waals surface area contributed by atoms with E-state index < -0.39 is 0 Å². The fraction of sp³-hybridized carbons (Fsp3) is 0.562. The van der Waals surface area contributed by atoms with Crippen LogP contribution >= 0.6 is 15.9 Å². The van der Waals surface area contributed by atoms with Crippen LogP contribution in [0.1, 0.15) is 45.6 Å². The first-order valence-electron chi connectivity index (χ1n) is 6.87. The summed E-state index contributed by atoms with van der Waals surface area (Å²) in [5.74, 6) is 0.638. The van der Waals surface area contributed by atoms with Crippen LogP contribution in [-0.2, 0) is 0 Å². The highest BCUT2D eigenvalue weighted by atomic mass is 79.9. The van der Waals surface area contributed by atoms with Gasteiger partial charge in [-0.3, -0.25) is 0 Å². The Morgan fingerprint density at radius 1 is 1.42 bits per heavy atom. The molecule has 2 rings (SSSR count). The molecule has 1 fully saturated rings. The average Bonchev–Trinajstić information content (AvgIpc) is 2.33. The number of halogens is 1. The predicted octanol–water partition coefficient (Wildman–Crippen LogP) is 4.95. The number of benzene rings is 1. The van der Waals surface area contributed by atoms with Crippen molar-refractivity contribution in [2.24, 2.45) is 11.3 Å². The lowest BCUT2D eigenvalue weighted by atomic mass is 9.70. The van der Waals surface area contributed by atoms with Gasteiger partial charge in [-0.2, -0.15) is 5.26 Å². The van der Waals surface area contributed by atoms with E-state index in [-0.39, 0.29) is 0 Å². The zero-order chi connectivity index (χ0) is 14.0. The monoisotopic (exact) mass is 320 g/mol. The van der Waals surface area contributed by atoms with Crippen LogP contribution in [0, 0.1) is 22.7 Å². The zero-order valence-electron chi connectivity index (χ0n) is 11.8. The van der Waals surface area contributed by atoms with Crippen molar-refractivity contribution in [1.29, 1.82) is 5.26 Å². The molecule has 2 unspecified atom stereocenters. The minimum Gasteiger partial charge on any atom is -0.381 e. The van der Waals surface area contributed by atoms with Crippen molar-refractivity contribution in [3.05, 3.63) is 28.2 Å². The van der Waals surface area contributed by atoms with Crippen LogP contribution in [-0.4, -0.2) is 6.04 Å². The average molecular weight is 321 g/mol. The van der Waals surface area contributed by atoms with Gasteiger partial charge in [-0.1, -0.05) is 36.7 Å². The molecule has 0 aliphatic heterocycles. The molecule has 1 saturated carbocycles. The first-order chi connectivity index (χ1) is 8.91. The van der Waals surface area contributed by atoms with Crippen molar-refractivity contribution in [1.82, 2.24) is 0 Å². The first kappa shape index (κ1) is 14.4. The summed E-state index contributed by atoms with van der Waals surface area (Å²) >= 11 is 3.41. The number of nitrogens with zero attached hydrogens (tertiary/aromatic N) is 1. The third-order valence-electron chi connectivity index (χ3n) is 4.14. The lowest BCUT2D eigenvalue weighted by molar-refractivity contribution is 0.177. The first-order valence-corrected chi connectivity index (χ1v) is 7.67. The van der Waals surface area contributed by atoms with E-state index in [1.807, 2.05) is 18.2 Å². The number of hydrogen-bond acceptors (Lipinski definition) is 2. The highest BCUT2D eigenvalue weighted by Gasteiger charge is 2.32. The van der Waals surface area contributed by atoms with Gasteiger partial charge in [0.2, 0.25) is 0 Å². The van der Waals surface area contributed by atoms with Gasteiger partial charge in [-0.25, -0.2) is 0 Å². The molecule has 0 spiro atoms. The van der Waals surface area contributed by atoms with Crippen LogP contribution in [0.5, 0.6) is 0 Å². The smallest absolute Gasteiger partial charge is 0.101 e. The highest BCUT2D eigenvalue weighted by Crippen LogP contribution is 2.39. The van der Waals surface area contributed by atoms with Crippen molar-refractivity contribution in [2.75, 3.05) is 5.32 Å². The number of anilines is 1. The molecule has 0 heterocycles. The van der Waals surface area contributed by atoms with Gasteiger partial charge in [0.15, 0.2) is 0 Å². The molecule has 19 heavy (non-hydrogen) atoms. The van der Waals surface area contributed by atoms with Crippen LogP contribution in [0.2, 0.25) is 0 Å². The Morgan fingerprint density at radius 3 is 2.79 bits per heavy atom. The van der Waals surface area contributed by atoms with Gasteiger partial charge in [0.25, 0.3) is 0 Å². The summed E-state index contributed by atoms with van der Waals surface area (Å²) in [6.45, 7) is 7.00. The molecule has 1 aliphatic carbocycles. The molecule has 0 amide bonds. The van der Waals surface area contributed by atoms with Gasteiger partial charge in [0, 0.05) is 10.5 Å². The molecule has 2 atom stereocenters. The number of nitrogens with one attached hydrogen (secondary N) is 1. The van der Waals surface area contributed by atoms with E-state index in [0.29, 0.717) is 22.9 Å². The molecule has 3 heteroatoms. The molecular formula is C16H21BrN2. The van der Waals surface area contributed by atoms with Crippen molar-refractivity contribution >= 4 is 21.6 Å². The second-order valence-corrected chi connectivity index (χ2v) is 7.35. The maximum Gasteiger partial charge on any atom is 0.101 e. The van der Waals surface area contributed by atoms with Crippen molar-refractivity contribution < 1.29 is 0 Å². The normalized spacial score (nSPS) is 25.6. The van der Waals surface area contributed by atoms with Crippen LogP contribution in [0.4, 0.5) is 5.69 Å². The molecule has 1 aromatic rings. The largest absolute Gasteiger partial charge is 0.381 e. The molecule has 0 radical (unpaired) electrons. The standard InChI is InChI=1S/C16H21BrN2/c1-11-9-16(2,3)7-6-14(11)19-15-5-4-13(17)8-12(15)10-18/h4-5,8,11,14,19H,6-7,9H2,1-3H3. The maximum atomic E-state index is 9.21. The topological polar surface area (TPSA) is 35.8 Å². The van der Waals surface area contributed by atoms with E-state index in [9.17, 15) is 5.26 Å². The predicted molar refractivity (Wildman–Crippen MR) is 83.1 cm³/mol. The van der Waals surface area contributed by atoms with Crippen LogP contribution < -0.4 is 5.32 Å². The summed E-state index contributed by atoms with van der Waals surface area (Å²) in [4.78, 5) is 0. The van der Waals surface area contributed by atoms with E-state index in [0.717, 1.165) is 10.2 Å². The van der Waals surface area contributed by atoms with E-state index in [4.69, 9.17) is 0 Å². The maximum absolute atomic E-state index is 9.21. The molecular weight excluding hydrogens is 300 g/mol. The molecule has 0 aromatic heterocycles. The Morgan fingerprint density at radius 2 is 2.16 bits per heavy atom. The van der Waals surface area contributed by atoms with Crippen molar-refractivity contribution in [3.8, 4) is 6.07 Å². The fourth-order valence-corrected chi connectivity index (χ4v) is 3.46. The number of rotatable bonds is 2. The molecule has 1 aliphatic rings. The van der Waals surface area contributed by atoms with Crippen LogP contribution in [0.3, 0.4) is 0 Å². The SMILES string of the molecule is CC1CC(C)(C)CCC1Nc1ccc(Br)cc1C#N. The third kappa shape index (κ3) is 3.51. The highest BCUT2D eigenvalue weighted by molar-refractivity contribution is 9.10. The van der Waals surface area contributed by atoms with E-state index in [2.05, 4.69) is 48.1 Å².